The molecule has 2 heterocycles. The van der Waals surface area contributed by atoms with Crippen molar-refractivity contribution in [3.05, 3.63) is 10.2 Å². The van der Waals surface area contributed by atoms with Crippen molar-refractivity contribution in [3.63, 3.8) is 0 Å². The van der Waals surface area contributed by atoms with Gasteiger partial charge in [-0.15, -0.1) is 0 Å². The van der Waals surface area contributed by atoms with Crippen molar-refractivity contribution in [2.75, 3.05) is 6.61 Å². The topological polar surface area (TPSA) is 66.4 Å². The lowest BCUT2D eigenvalue weighted by Gasteiger charge is -2.56. The van der Waals surface area contributed by atoms with Crippen molar-refractivity contribution in [1.29, 1.82) is 0 Å². The summed E-state index contributed by atoms with van der Waals surface area (Å²) < 4.78 is 37.8. The molecule has 4 unspecified atom stereocenters. The van der Waals surface area contributed by atoms with Crippen LogP contribution in [0.2, 0.25) is 54.4 Å². The molecule has 2 fully saturated rings. The SMILES string of the molecule is CC(C)(C)[Si](C)(C)OC(/C=C/I)C1O[C@H]2CC[C@H](CCO)O[C@@H]2C(O[Si](C)(C)C(C)(C)C)C1O[Si](C)(C)C(C)(C)C. The third kappa shape index (κ3) is 9.22. The summed E-state index contributed by atoms with van der Waals surface area (Å²) in [7, 11) is -6.64. The Balaban J connectivity index is 2.72. The van der Waals surface area contributed by atoms with E-state index in [9.17, 15) is 5.11 Å². The van der Waals surface area contributed by atoms with Crippen molar-refractivity contribution in [2.45, 2.75) is 179 Å². The van der Waals surface area contributed by atoms with E-state index in [0.717, 1.165) is 12.8 Å². The molecule has 10 heteroatoms. The van der Waals surface area contributed by atoms with Gasteiger partial charge >= 0.3 is 0 Å². The van der Waals surface area contributed by atoms with Gasteiger partial charge in [0.15, 0.2) is 25.0 Å². The van der Waals surface area contributed by atoms with Crippen LogP contribution in [-0.4, -0.2) is 79.4 Å². The number of hydrogen-bond acceptors (Lipinski definition) is 6. The Labute approximate surface area is 269 Å². The van der Waals surface area contributed by atoms with Crippen molar-refractivity contribution in [2.24, 2.45) is 0 Å². The Morgan fingerprint density at radius 3 is 1.71 bits per heavy atom. The second kappa shape index (κ2) is 13.7. The summed E-state index contributed by atoms with van der Waals surface area (Å²) in [6.45, 7) is 34.6. The molecule has 2 aliphatic rings. The summed E-state index contributed by atoms with van der Waals surface area (Å²) in [6.07, 6.45) is 2.94. The van der Waals surface area contributed by atoms with Gasteiger partial charge in [0.2, 0.25) is 0 Å². The lowest BCUT2D eigenvalue weighted by molar-refractivity contribution is -0.267. The van der Waals surface area contributed by atoms with Gasteiger partial charge in [-0.3, -0.25) is 0 Å². The van der Waals surface area contributed by atoms with Crippen LogP contribution < -0.4 is 0 Å². The molecule has 7 atom stereocenters. The summed E-state index contributed by atoms with van der Waals surface area (Å²) in [4.78, 5) is 0. The van der Waals surface area contributed by atoms with Crippen LogP contribution in [0.1, 0.15) is 81.6 Å². The maximum atomic E-state index is 9.74. The largest absolute Gasteiger partial charge is 0.408 e. The minimum atomic E-state index is -2.26. The van der Waals surface area contributed by atoms with E-state index < -0.39 is 25.0 Å². The molecule has 1 N–H and O–H groups in total. The maximum absolute atomic E-state index is 9.74. The second-order valence-electron chi connectivity index (χ2n) is 16.8. The first-order valence-electron chi connectivity index (χ1n) is 15.6. The summed E-state index contributed by atoms with van der Waals surface area (Å²) in [5, 5.41) is 9.83. The molecule has 0 amide bonds. The Bertz CT molecular complexity index is 875. The fraction of sp³-hybridized carbons (Fsp3) is 0.935. The molecule has 2 aliphatic heterocycles. The van der Waals surface area contributed by atoms with Crippen molar-refractivity contribution < 1.29 is 27.9 Å². The van der Waals surface area contributed by atoms with Crippen LogP contribution >= 0.6 is 22.6 Å². The molecule has 242 valence electrons. The van der Waals surface area contributed by atoms with E-state index in [1.165, 1.54) is 0 Å². The summed E-state index contributed by atoms with van der Waals surface area (Å²) in [6, 6.07) is 0. The van der Waals surface area contributed by atoms with Gasteiger partial charge in [-0.2, -0.15) is 0 Å². The van der Waals surface area contributed by atoms with E-state index in [1.807, 2.05) is 0 Å². The average molecular weight is 743 g/mol. The molecule has 0 aliphatic carbocycles. The highest BCUT2D eigenvalue weighted by atomic mass is 127. The van der Waals surface area contributed by atoms with Gasteiger partial charge in [0.25, 0.3) is 0 Å². The fourth-order valence-electron chi connectivity index (χ4n) is 4.71. The molecule has 0 aromatic rings. The van der Waals surface area contributed by atoms with Crippen LogP contribution in [-0.2, 0) is 22.8 Å². The molecule has 0 aromatic carbocycles. The standard InChI is InChI=1S/C31H63IO6Si3/c1-29(2,3)39(10,11)36-24(18-20-32)26-28(38-41(14,15)31(7,8)9)27(37-40(12,13)30(4,5)6)25-23(35-26)17-16-22(34-25)19-21-33/h18,20,22-28,33H,16-17,19,21H2,1-15H3/b20-18+/t22-,23+,24?,25+,26?,27?,28?/m1/s1. The normalized spacial score (nSPS) is 30.0. The van der Waals surface area contributed by atoms with E-state index in [0.29, 0.717) is 6.42 Å². The van der Waals surface area contributed by atoms with Gasteiger partial charge in [-0.05, 0) is 83.8 Å². The Morgan fingerprint density at radius 2 is 1.27 bits per heavy atom. The van der Waals surface area contributed by atoms with Gasteiger partial charge in [-0.25, -0.2) is 0 Å². The van der Waals surface area contributed by atoms with Crippen LogP contribution in [0, 0.1) is 0 Å². The van der Waals surface area contributed by atoms with Gasteiger partial charge < -0.3 is 27.9 Å². The number of rotatable bonds is 10. The second-order valence-corrected chi connectivity index (χ2v) is 31.8. The minimum Gasteiger partial charge on any atom is -0.408 e. The fourth-order valence-corrected chi connectivity index (χ4v) is 8.97. The molecule has 2 rings (SSSR count). The van der Waals surface area contributed by atoms with Gasteiger partial charge in [0.05, 0.1) is 18.3 Å². The number of halogens is 1. The molecule has 2 saturated heterocycles. The van der Waals surface area contributed by atoms with Gasteiger partial charge in [0.1, 0.15) is 24.4 Å². The molecule has 0 saturated carbocycles. The van der Waals surface area contributed by atoms with Crippen molar-refractivity contribution in [1.82, 2.24) is 0 Å². The first-order chi connectivity index (χ1) is 18.4. The number of ether oxygens (including phenoxy) is 2. The predicted molar refractivity (Wildman–Crippen MR) is 188 cm³/mol. The van der Waals surface area contributed by atoms with Crippen LogP contribution in [0.4, 0.5) is 0 Å². The van der Waals surface area contributed by atoms with E-state index in [4.69, 9.17) is 22.8 Å². The van der Waals surface area contributed by atoms with Crippen LogP contribution in [0.15, 0.2) is 10.2 Å². The van der Waals surface area contributed by atoms with Crippen molar-refractivity contribution in [3.8, 4) is 0 Å². The number of aliphatic hydroxyl groups is 1. The lowest BCUT2D eigenvalue weighted by Crippen LogP contribution is -2.69. The Kier molecular flexibility index (Phi) is 12.7. The molecular formula is C31H63IO6Si3. The third-order valence-corrected chi connectivity index (χ3v) is 24.4. The van der Waals surface area contributed by atoms with E-state index in [1.54, 1.807) is 0 Å². The third-order valence-electron chi connectivity index (χ3n) is 10.5. The Hall–Kier alpha value is 0.881. The number of aliphatic hydroxyl groups excluding tert-OH is 1. The first-order valence-corrected chi connectivity index (χ1v) is 25.6. The molecule has 0 bridgehead atoms. The molecule has 41 heavy (non-hydrogen) atoms. The highest BCUT2D eigenvalue weighted by Gasteiger charge is 2.57. The Morgan fingerprint density at radius 1 is 0.780 bits per heavy atom. The quantitative estimate of drug-likeness (QED) is 0.178. The molecule has 0 radical (unpaired) electrons. The maximum Gasteiger partial charge on any atom is 0.193 e. The predicted octanol–water partition coefficient (Wildman–Crippen LogP) is 8.80. The zero-order valence-electron chi connectivity index (χ0n) is 28.9. The van der Waals surface area contributed by atoms with E-state index >= 15 is 0 Å². The highest BCUT2D eigenvalue weighted by molar-refractivity contribution is 14.1. The monoisotopic (exact) mass is 742 g/mol. The van der Waals surface area contributed by atoms with Crippen LogP contribution in [0.25, 0.3) is 0 Å². The van der Waals surface area contributed by atoms with Gasteiger partial charge in [0, 0.05) is 6.61 Å². The molecular weight excluding hydrogens is 679 g/mol. The smallest absolute Gasteiger partial charge is 0.193 e. The van der Waals surface area contributed by atoms with Crippen LogP contribution in [0.3, 0.4) is 0 Å². The zero-order chi connectivity index (χ0) is 31.8. The zero-order valence-corrected chi connectivity index (χ0v) is 34.0. The van der Waals surface area contributed by atoms with Crippen LogP contribution in [0.5, 0.6) is 0 Å². The minimum absolute atomic E-state index is 0.00560. The summed E-state index contributed by atoms with van der Waals surface area (Å²) in [5.41, 5.74) is 0. The summed E-state index contributed by atoms with van der Waals surface area (Å²) >= 11 is 2.30. The summed E-state index contributed by atoms with van der Waals surface area (Å²) in [5.74, 6) is 0. The number of fused-ring (bicyclic) bond motifs is 1. The van der Waals surface area contributed by atoms with E-state index in [-0.39, 0.29) is 64.4 Å². The number of hydrogen-bond donors (Lipinski definition) is 1. The van der Waals surface area contributed by atoms with E-state index in [2.05, 4.69) is 134 Å². The highest BCUT2D eigenvalue weighted by Crippen LogP contribution is 2.47. The molecule has 6 nitrogen and oxygen atoms in total. The van der Waals surface area contributed by atoms with Crippen molar-refractivity contribution >= 4 is 47.5 Å². The molecule has 0 aromatic heterocycles. The lowest BCUT2D eigenvalue weighted by atomic mass is 9.87. The van der Waals surface area contributed by atoms with Gasteiger partial charge in [-0.1, -0.05) is 84.9 Å². The average Bonchev–Trinajstić information content (AvgIpc) is 2.78. The molecule has 0 spiro atoms. The first kappa shape index (κ1) is 38.1.